The average molecular weight is 439 g/mol. The van der Waals surface area contributed by atoms with Gasteiger partial charge in [-0.3, -0.25) is 4.79 Å². The molecule has 0 fully saturated rings. The lowest BCUT2D eigenvalue weighted by Crippen LogP contribution is -2.36. The number of carbonyl (C=O) groups excluding carboxylic acids is 1. The van der Waals surface area contributed by atoms with Gasteiger partial charge in [0, 0.05) is 32.2 Å². The molecule has 0 saturated heterocycles. The Morgan fingerprint density at radius 1 is 1.00 bits per heavy atom. The van der Waals surface area contributed by atoms with E-state index in [1.807, 2.05) is 24.3 Å². The van der Waals surface area contributed by atoms with Gasteiger partial charge in [0.2, 0.25) is 10.0 Å². The van der Waals surface area contributed by atoms with E-state index in [2.05, 4.69) is 0 Å². The number of fused-ring (bicyclic) bond motifs is 1. The van der Waals surface area contributed by atoms with Crippen molar-refractivity contribution in [3.63, 3.8) is 0 Å². The summed E-state index contributed by atoms with van der Waals surface area (Å²) < 4.78 is 41.0. The highest BCUT2D eigenvalue weighted by Crippen LogP contribution is 2.25. The lowest BCUT2D eigenvalue weighted by molar-refractivity contribution is 0.0785. The van der Waals surface area contributed by atoms with Crippen LogP contribution < -0.4 is 0 Å². The molecule has 0 spiro atoms. The average Bonchev–Trinajstić information content (AvgIpc) is 2.79. The van der Waals surface area contributed by atoms with Crippen LogP contribution in [0.25, 0.3) is 0 Å². The summed E-state index contributed by atoms with van der Waals surface area (Å²) in [6.07, 6.45) is 0.661. The summed E-state index contributed by atoms with van der Waals surface area (Å²) in [4.78, 5) is 14.5. The van der Waals surface area contributed by atoms with E-state index < -0.39 is 10.0 Å². The number of benzene rings is 3. The van der Waals surface area contributed by atoms with Gasteiger partial charge in [0.05, 0.1) is 4.90 Å². The number of hydrogen-bond donors (Lipinski definition) is 0. The standard InChI is InChI=1S/C24H23FN2O3S/c1-26(16-18-9-11-22(25)12-10-18)24(28)20-7-4-8-23(15-20)31(29,30)27-14-13-19-5-2-3-6-21(19)17-27/h2-12,15H,13-14,16-17H2,1H3. The van der Waals surface area contributed by atoms with Crippen molar-refractivity contribution in [3.05, 3.63) is 101 Å². The predicted octanol–water partition coefficient (Wildman–Crippen LogP) is 3.84. The van der Waals surface area contributed by atoms with E-state index in [-0.39, 0.29) is 16.6 Å². The van der Waals surface area contributed by atoms with E-state index in [1.54, 1.807) is 31.3 Å². The first-order valence-electron chi connectivity index (χ1n) is 10.0. The van der Waals surface area contributed by atoms with Crippen LogP contribution in [0.15, 0.2) is 77.7 Å². The van der Waals surface area contributed by atoms with Crippen molar-refractivity contribution in [3.8, 4) is 0 Å². The van der Waals surface area contributed by atoms with E-state index >= 15 is 0 Å². The largest absolute Gasteiger partial charge is 0.337 e. The Morgan fingerprint density at radius 3 is 2.45 bits per heavy atom. The highest BCUT2D eigenvalue weighted by atomic mass is 32.2. The van der Waals surface area contributed by atoms with Crippen molar-refractivity contribution < 1.29 is 17.6 Å². The fourth-order valence-electron chi connectivity index (χ4n) is 3.77. The molecule has 5 nitrogen and oxygen atoms in total. The molecule has 7 heteroatoms. The highest BCUT2D eigenvalue weighted by Gasteiger charge is 2.29. The second-order valence-corrected chi connectivity index (χ2v) is 9.61. The van der Waals surface area contributed by atoms with E-state index in [9.17, 15) is 17.6 Å². The third-order valence-electron chi connectivity index (χ3n) is 5.49. The number of hydrogen-bond acceptors (Lipinski definition) is 3. The SMILES string of the molecule is CN(Cc1ccc(F)cc1)C(=O)c1cccc(S(=O)(=O)N2CCc3ccccc3C2)c1. The van der Waals surface area contributed by atoms with Gasteiger partial charge in [-0.05, 0) is 53.4 Å². The summed E-state index contributed by atoms with van der Waals surface area (Å²) in [6.45, 7) is 1.02. The molecule has 160 valence electrons. The van der Waals surface area contributed by atoms with Crippen LogP contribution in [-0.2, 0) is 29.5 Å². The Balaban J connectivity index is 1.53. The third kappa shape index (κ3) is 4.52. The molecule has 0 aromatic heterocycles. The minimum atomic E-state index is -3.73. The second-order valence-electron chi connectivity index (χ2n) is 7.67. The molecule has 0 unspecified atom stereocenters. The molecule has 0 N–H and O–H groups in total. The molecule has 0 saturated carbocycles. The fraction of sp³-hybridized carbons (Fsp3) is 0.208. The maximum atomic E-state index is 13.2. The number of carbonyl (C=O) groups is 1. The third-order valence-corrected chi connectivity index (χ3v) is 7.34. The van der Waals surface area contributed by atoms with Crippen molar-refractivity contribution in [2.45, 2.75) is 24.4 Å². The number of rotatable bonds is 5. The number of nitrogens with zero attached hydrogens (tertiary/aromatic N) is 2. The Kier molecular flexibility index (Phi) is 5.89. The molecular formula is C24H23FN2O3S. The van der Waals surface area contributed by atoms with Gasteiger partial charge in [0.15, 0.2) is 0 Å². The highest BCUT2D eigenvalue weighted by molar-refractivity contribution is 7.89. The molecule has 1 amide bonds. The van der Waals surface area contributed by atoms with Gasteiger partial charge in [0.1, 0.15) is 5.82 Å². The van der Waals surface area contributed by atoms with Gasteiger partial charge >= 0.3 is 0 Å². The molecule has 0 aliphatic carbocycles. The van der Waals surface area contributed by atoms with Crippen LogP contribution in [0.1, 0.15) is 27.0 Å². The summed E-state index contributed by atoms with van der Waals surface area (Å²) in [7, 11) is -2.10. The van der Waals surface area contributed by atoms with Gasteiger partial charge in [-0.15, -0.1) is 0 Å². The van der Waals surface area contributed by atoms with Crippen LogP contribution in [0.2, 0.25) is 0 Å². The van der Waals surface area contributed by atoms with Crippen molar-refractivity contribution in [2.75, 3.05) is 13.6 Å². The monoisotopic (exact) mass is 438 g/mol. The molecule has 3 aromatic rings. The summed E-state index contributed by atoms with van der Waals surface area (Å²) in [5, 5.41) is 0. The van der Waals surface area contributed by atoms with E-state index in [1.165, 1.54) is 39.0 Å². The van der Waals surface area contributed by atoms with Crippen molar-refractivity contribution in [1.82, 2.24) is 9.21 Å². The molecule has 0 radical (unpaired) electrons. The topological polar surface area (TPSA) is 57.7 Å². The van der Waals surface area contributed by atoms with Crippen LogP contribution in [0.5, 0.6) is 0 Å². The molecule has 0 bridgehead atoms. The minimum Gasteiger partial charge on any atom is -0.337 e. The molecular weight excluding hydrogens is 415 g/mol. The predicted molar refractivity (Wildman–Crippen MR) is 116 cm³/mol. The van der Waals surface area contributed by atoms with Crippen molar-refractivity contribution >= 4 is 15.9 Å². The van der Waals surface area contributed by atoms with E-state index in [0.717, 1.165) is 11.1 Å². The van der Waals surface area contributed by atoms with Gasteiger partial charge < -0.3 is 4.90 Å². The van der Waals surface area contributed by atoms with E-state index in [4.69, 9.17) is 0 Å². The van der Waals surface area contributed by atoms with Crippen LogP contribution in [0, 0.1) is 5.82 Å². The van der Waals surface area contributed by atoms with Crippen LogP contribution >= 0.6 is 0 Å². The number of sulfonamides is 1. The second kappa shape index (κ2) is 8.61. The normalized spacial score (nSPS) is 14.1. The van der Waals surface area contributed by atoms with Crippen LogP contribution in [0.4, 0.5) is 4.39 Å². The van der Waals surface area contributed by atoms with Crippen LogP contribution in [-0.4, -0.2) is 37.1 Å². The summed E-state index contributed by atoms with van der Waals surface area (Å²) in [5.74, 6) is -0.638. The molecule has 4 rings (SSSR count). The Bertz CT molecular complexity index is 1210. The van der Waals surface area contributed by atoms with Crippen LogP contribution in [0.3, 0.4) is 0 Å². The zero-order valence-electron chi connectivity index (χ0n) is 17.2. The zero-order valence-corrected chi connectivity index (χ0v) is 18.0. The van der Waals surface area contributed by atoms with Gasteiger partial charge in [-0.2, -0.15) is 4.31 Å². The Hall–Kier alpha value is -3.03. The summed E-state index contributed by atoms with van der Waals surface area (Å²) in [6, 6.07) is 19.9. The van der Waals surface area contributed by atoms with Gasteiger partial charge in [0.25, 0.3) is 5.91 Å². The summed E-state index contributed by atoms with van der Waals surface area (Å²) in [5.41, 5.74) is 3.25. The molecule has 1 aliphatic rings. The summed E-state index contributed by atoms with van der Waals surface area (Å²) >= 11 is 0. The molecule has 1 heterocycles. The molecule has 1 aliphatic heterocycles. The fourth-order valence-corrected chi connectivity index (χ4v) is 5.23. The maximum Gasteiger partial charge on any atom is 0.253 e. The molecule has 31 heavy (non-hydrogen) atoms. The Morgan fingerprint density at radius 2 is 1.71 bits per heavy atom. The molecule has 3 aromatic carbocycles. The number of halogens is 1. The first kappa shape index (κ1) is 21.2. The molecule has 0 atom stereocenters. The lowest BCUT2D eigenvalue weighted by Gasteiger charge is -2.28. The van der Waals surface area contributed by atoms with Crippen molar-refractivity contribution in [1.29, 1.82) is 0 Å². The maximum absolute atomic E-state index is 13.2. The quantitative estimate of drug-likeness (QED) is 0.608. The zero-order chi connectivity index (χ0) is 22.0. The number of amides is 1. The van der Waals surface area contributed by atoms with Gasteiger partial charge in [-0.25, -0.2) is 12.8 Å². The van der Waals surface area contributed by atoms with E-state index in [0.29, 0.717) is 31.6 Å². The Labute approximate surface area is 181 Å². The van der Waals surface area contributed by atoms with Gasteiger partial charge in [-0.1, -0.05) is 42.5 Å². The lowest BCUT2D eigenvalue weighted by atomic mass is 10.0. The first-order valence-corrected chi connectivity index (χ1v) is 11.5. The minimum absolute atomic E-state index is 0.105. The smallest absolute Gasteiger partial charge is 0.253 e. The first-order chi connectivity index (χ1) is 14.8. The van der Waals surface area contributed by atoms with Crippen molar-refractivity contribution in [2.24, 2.45) is 0 Å².